The van der Waals surface area contributed by atoms with Gasteiger partial charge in [0.25, 0.3) is 0 Å². The number of hydrogen-bond donors (Lipinski definition) is 2. The fraction of sp³-hybridized carbons (Fsp3) is 0.571. The molecule has 1 aliphatic rings. The summed E-state index contributed by atoms with van der Waals surface area (Å²) in [5.74, 6) is 0. The van der Waals surface area contributed by atoms with Crippen molar-refractivity contribution in [3.8, 4) is 0 Å². The van der Waals surface area contributed by atoms with E-state index in [-0.39, 0.29) is 0 Å². The van der Waals surface area contributed by atoms with E-state index >= 15 is 0 Å². The quantitative estimate of drug-likeness (QED) is 0.835. The number of benzene rings is 1. The minimum atomic E-state index is -0.540. The molecule has 1 unspecified atom stereocenters. The van der Waals surface area contributed by atoms with Crippen molar-refractivity contribution in [2.75, 3.05) is 25.0 Å². The highest BCUT2D eigenvalue weighted by molar-refractivity contribution is 5.56. The molecule has 0 spiro atoms. The first-order valence-corrected chi connectivity index (χ1v) is 6.23. The number of aryl methyl sites for hydroxylation is 1. The van der Waals surface area contributed by atoms with Crippen molar-refractivity contribution in [3.63, 3.8) is 0 Å². The maximum Gasteiger partial charge on any atom is 0.0810 e. The van der Waals surface area contributed by atoms with E-state index in [0.29, 0.717) is 0 Å². The lowest BCUT2D eigenvalue weighted by atomic mass is 10.1. The normalized spacial score (nSPS) is 24.4. The molecule has 1 fully saturated rings. The Morgan fingerprint density at radius 2 is 2.24 bits per heavy atom. The van der Waals surface area contributed by atoms with E-state index in [4.69, 9.17) is 0 Å². The zero-order valence-electron chi connectivity index (χ0n) is 11.0. The van der Waals surface area contributed by atoms with Crippen LogP contribution in [0.1, 0.15) is 24.5 Å². The Balaban J connectivity index is 2.26. The Bertz CT molecular complexity index is 401. The molecule has 0 saturated carbocycles. The van der Waals surface area contributed by atoms with Crippen LogP contribution in [-0.4, -0.2) is 30.8 Å². The van der Waals surface area contributed by atoms with Crippen molar-refractivity contribution in [1.82, 2.24) is 5.32 Å². The van der Waals surface area contributed by atoms with Crippen LogP contribution in [0.3, 0.4) is 0 Å². The minimum Gasteiger partial charge on any atom is -0.388 e. The molecule has 0 aliphatic carbocycles. The van der Waals surface area contributed by atoms with Crippen molar-refractivity contribution >= 4 is 5.69 Å². The van der Waals surface area contributed by atoms with Gasteiger partial charge in [-0.05, 0) is 38.9 Å². The van der Waals surface area contributed by atoms with Crippen molar-refractivity contribution < 1.29 is 5.11 Å². The van der Waals surface area contributed by atoms with Crippen LogP contribution in [0.15, 0.2) is 18.2 Å². The molecule has 0 bridgehead atoms. The summed E-state index contributed by atoms with van der Waals surface area (Å²) in [5, 5.41) is 13.3. The number of hydrogen-bond acceptors (Lipinski definition) is 3. The van der Waals surface area contributed by atoms with Crippen LogP contribution in [0.5, 0.6) is 0 Å². The Morgan fingerprint density at radius 1 is 1.47 bits per heavy atom. The topological polar surface area (TPSA) is 35.5 Å². The van der Waals surface area contributed by atoms with Crippen LogP contribution < -0.4 is 10.2 Å². The van der Waals surface area contributed by atoms with Crippen molar-refractivity contribution in [3.05, 3.63) is 29.3 Å². The highest BCUT2D eigenvalue weighted by Crippen LogP contribution is 2.29. The van der Waals surface area contributed by atoms with E-state index in [1.165, 1.54) is 16.8 Å². The highest BCUT2D eigenvalue weighted by Gasteiger charge is 2.32. The summed E-state index contributed by atoms with van der Waals surface area (Å²) in [5.41, 5.74) is 3.31. The SMILES string of the molecule is CNCc1cc(C)ccc1N1CCC(C)(O)C1. The lowest BCUT2D eigenvalue weighted by molar-refractivity contribution is 0.0839. The van der Waals surface area contributed by atoms with E-state index in [1.807, 2.05) is 14.0 Å². The summed E-state index contributed by atoms with van der Waals surface area (Å²) < 4.78 is 0. The molecule has 0 radical (unpaired) electrons. The zero-order chi connectivity index (χ0) is 12.5. The van der Waals surface area contributed by atoms with E-state index in [9.17, 15) is 5.11 Å². The summed E-state index contributed by atoms with van der Waals surface area (Å²) >= 11 is 0. The molecule has 1 aromatic carbocycles. The van der Waals surface area contributed by atoms with Crippen LogP contribution >= 0.6 is 0 Å². The fourth-order valence-corrected chi connectivity index (χ4v) is 2.51. The minimum absolute atomic E-state index is 0.540. The van der Waals surface area contributed by atoms with Crippen LogP contribution in [0.4, 0.5) is 5.69 Å². The predicted octanol–water partition coefficient (Wildman–Crippen LogP) is 1.68. The number of rotatable bonds is 3. The van der Waals surface area contributed by atoms with Crippen molar-refractivity contribution in [1.29, 1.82) is 0 Å². The molecule has 1 aromatic rings. The van der Waals surface area contributed by atoms with Gasteiger partial charge in [0, 0.05) is 25.3 Å². The fourth-order valence-electron chi connectivity index (χ4n) is 2.51. The van der Waals surface area contributed by atoms with Gasteiger partial charge in [-0.3, -0.25) is 0 Å². The molecule has 1 saturated heterocycles. The molecule has 2 rings (SSSR count). The average Bonchev–Trinajstić information content (AvgIpc) is 2.59. The van der Waals surface area contributed by atoms with Gasteiger partial charge in [0.2, 0.25) is 0 Å². The third-order valence-corrected chi connectivity index (χ3v) is 3.39. The Hall–Kier alpha value is -1.06. The number of nitrogens with zero attached hydrogens (tertiary/aromatic N) is 1. The largest absolute Gasteiger partial charge is 0.388 e. The van der Waals surface area contributed by atoms with Crippen LogP contribution in [0, 0.1) is 6.92 Å². The molecule has 3 nitrogen and oxygen atoms in total. The van der Waals surface area contributed by atoms with Gasteiger partial charge in [0.1, 0.15) is 0 Å². The maximum atomic E-state index is 10.0. The number of nitrogens with one attached hydrogen (secondary N) is 1. The number of β-amino-alcohol motifs (C(OH)–C–C–N with tert-alkyl or cyclic N) is 1. The lowest BCUT2D eigenvalue weighted by Gasteiger charge is -2.24. The Kier molecular flexibility index (Phi) is 3.40. The second-order valence-corrected chi connectivity index (χ2v) is 5.33. The number of anilines is 1. The van der Waals surface area contributed by atoms with Gasteiger partial charge in [0.05, 0.1) is 5.60 Å². The second kappa shape index (κ2) is 4.67. The summed E-state index contributed by atoms with van der Waals surface area (Å²) in [7, 11) is 1.96. The molecule has 3 heteroatoms. The lowest BCUT2D eigenvalue weighted by Crippen LogP contribution is -2.30. The van der Waals surface area contributed by atoms with Gasteiger partial charge in [0.15, 0.2) is 0 Å². The van der Waals surface area contributed by atoms with E-state index in [2.05, 4.69) is 35.3 Å². The molecular weight excluding hydrogens is 212 g/mol. The molecule has 2 N–H and O–H groups in total. The second-order valence-electron chi connectivity index (χ2n) is 5.33. The molecule has 0 amide bonds. The molecule has 17 heavy (non-hydrogen) atoms. The first-order valence-electron chi connectivity index (χ1n) is 6.23. The zero-order valence-corrected chi connectivity index (χ0v) is 11.0. The van der Waals surface area contributed by atoms with Gasteiger partial charge in [-0.15, -0.1) is 0 Å². The van der Waals surface area contributed by atoms with Crippen LogP contribution in [0.2, 0.25) is 0 Å². The highest BCUT2D eigenvalue weighted by atomic mass is 16.3. The Morgan fingerprint density at radius 3 is 2.82 bits per heavy atom. The predicted molar refractivity (Wildman–Crippen MR) is 71.4 cm³/mol. The van der Waals surface area contributed by atoms with Crippen LogP contribution in [-0.2, 0) is 6.54 Å². The van der Waals surface area contributed by atoms with Gasteiger partial charge >= 0.3 is 0 Å². The number of aliphatic hydroxyl groups is 1. The van der Waals surface area contributed by atoms with Gasteiger partial charge in [-0.1, -0.05) is 17.7 Å². The standard InChI is InChI=1S/C14H22N2O/c1-11-4-5-13(12(8-11)9-15-3)16-7-6-14(2,17)10-16/h4-5,8,15,17H,6-7,9-10H2,1-3H3. The van der Waals surface area contributed by atoms with Gasteiger partial charge < -0.3 is 15.3 Å². The monoisotopic (exact) mass is 234 g/mol. The van der Waals surface area contributed by atoms with E-state index in [1.54, 1.807) is 0 Å². The molecule has 1 heterocycles. The smallest absolute Gasteiger partial charge is 0.0810 e. The van der Waals surface area contributed by atoms with Crippen molar-refractivity contribution in [2.24, 2.45) is 0 Å². The van der Waals surface area contributed by atoms with E-state index < -0.39 is 5.60 Å². The molecule has 94 valence electrons. The third kappa shape index (κ3) is 2.79. The molecule has 0 aromatic heterocycles. The average molecular weight is 234 g/mol. The van der Waals surface area contributed by atoms with Crippen LogP contribution in [0.25, 0.3) is 0 Å². The summed E-state index contributed by atoms with van der Waals surface area (Å²) in [6, 6.07) is 6.53. The van der Waals surface area contributed by atoms with E-state index in [0.717, 1.165) is 26.1 Å². The van der Waals surface area contributed by atoms with Crippen molar-refractivity contribution in [2.45, 2.75) is 32.4 Å². The molecular formula is C14H22N2O. The third-order valence-electron chi connectivity index (χ3n) is 3.39. The first-order chi connectivity index (χ1) is 8.02. The summed E-state index contributed by atoms with van der Waals surface area (Å²) in [4.78, 5) is 2.28. The Labute approximate surface area is 103 Å². The first kappa shape index (κ1) is 12.4. The molecule has 1 aliphatic heterocycles. The molecule has 1 atom stereocenters. The van der Waals surface area contributed by atoms with Gasteiger partial charge in [-0.25, -0.2) is 0 Å². The van der Waals surface area contributed by atoms with Gasteiger partial charge in [-0.2, -0.15) is 0 Å². The summed E-state index contributed by atoms with van der Waals surface area (Å²) in [6.07, 6.45) is 0.847. The summed E-state index contributed by atoms with van der Waals surface area (Å²) in [6.45, 7) is 6.57. The maximum absolute atomic E-state index is 10.0.